The highest BCUT2D eigenvalue weighted by molar-refractivity contribution is 14.1. The first-order chi connectivity index (χ1) is 9.34. The summed E-state index contributed by atoms with van der Waals surface area (Å²) in [6.07, 6.45) is 1.19. The summed E-state index contributed by atoms with van der Waals surface area (Å²) in [6.45, 7) is 10.4. The molecule has 0 radical (unpaired) electrons. The molecule has 2 atom stereocenters. The second-order valence-electron chi connectivity index (χ2n) is 6.96. The number of fused-ring (bicyclic) bond motifs is 1. The Morgan fingerprint density at radius 3 is 2.80 bits per heavy atom. The maximum absolute atomic E-state index is 4.83. The summed E-state index contributed by atoms with van der Waals surface area (Å²) >= 11 is 2.35. The Kier molecular flexibility index (Phi) is 3.57. The van der Waals surface area contributed by atoms with Crippen molar-refractivity contribution in [2.45, 2.75) is 45.7 Å². The van der Waals surface area contributed by atoms with Gasteiger partial charge in [0, 0.05) is 15.7 Å². The van der Waals surface area contributed by atoms with E-state index in [0.29, 0.717) is 6.04 Å². The predicted octanol–water partition coefficient (Wildman–Crippen LogP) is 4.35. The van der Waals surface area contributed by atoms with Gasteiger partial charge in [0.2, 0.25) is 0 Å². The summed E-state index contributed by atoms with van der Waals surface area (Å²) in [6, 6.07) is 6.81. The van der Waals surface area contributed by atoms with E-state index >= 15 is 0 Å². The van der Waals surface area contributed by atoms with Gasteiger partial charge in [0.05, 0.1) is 17.1 Å². The molecule has 2 heterocycles. The van der Waals surface area contributed by atoms with Gasteiger partial charge in [-0.1, -0.05) is 6.92 Å². The maximum Gasteiger partial charge on any atom is 0.124 e. The predicted molar refractivity (Wildman–Crippen MR) is 91.8 cm³/mol. The minimum Gasteiger partial charge on any atom is -0.341 e. The molecule has 3 rings (SSSR count). The zero-order chi connectivity index (χ0) is 14.5. The number of likely N-dealkylation sites (tertiary alicyclic amines) is 1. The van der Waals surface area contributed by atoms with Gasteiger partial charge in [0.15, 0.2) is 0 Å². The number of halogens is 1. The zero-order valence-electron chi connectivity index (χ0n) is 12.6. The number of H-pyrrole nitrogens is 1. The molecule has 0 aliphatic carbocycles. The number of benzene rings is 1. The van der Waals surface area contributed by atoms with Gasteiger partial charge < -0.3 is 4.98 Å². The molecule has 3 nitrogen and oxygen atoms in total. The third-order valence-electron chi connectivity index (χ3n) is 4.15. The van der Waals surface area contributed by atoms with Crippen molar-refractivity contribution in [2.75, 3.05) is 6.54 Å². The molecule has 1 aromatic heterocycles. The first kappa shape index (κ1) is 14.3. The van der Waals surface area contributed by atoms with E-state index in [9.17, 15) is 0 Å². The molecule has 0 spiro atoms. The summed E-state index contributed by atoms with van der Waals surface area (Å²) in [5.41, 5.74) is 2.41. The highest BCUT2D eigenvalue weighted by Gasteiger charge is 2.38. The molecule has 1 N–H and O–H groups in total. The maximum atomic E-state index is 4.83. The number of imidazole rings is 1. The molecule has 1 saturated heterocycles. The van der Waals surface area contributed by atoms with E-state index < -0.39 is 0 Å². The van der Waals surface area contributed by atoms with Crippen molar-refractivity contribution in [2.24, 2.45) is 5.92 Å². The summed E-state index contributed by atoms with van der Waals surface area (Å²) in [4.78, 5) is 11.0. The fraction of sp³-hybridized carbons (Fsp3) is 0.562. The van der Waals surface area contributed by atoms with E-state index in [4.69, 9.17) is 4.98 Å². The lowest BCUT2D eigenvalue weighted by Crippen LogP contribution is -2.41. The Morgan fingerprint density at radius 2 is 2.10 bits per heavy atom. The van der Waals surface area contributed by atoms with Crippen LogP contribution in [0.1, 0.15) is 46.0 Å². The average molecular weight is 383 g/mol. The molecule has 2 aromatic rings. The van der Waals surface area contributed by atoms with Gasteiger partial charge >= 0.3 is 0 Å². The zero-order valence-corrected chi connectivity index (χ0v) is 14.7. The van der Waals surface area contributed by atoms with Crippen LogP contribution in [0, 0.1) is 9.49 Å². The Hall–Kier alpha value is -0.620. The second kappa shape index (κ2) is 4.98. The van der Waals surface area contributed by atoms with Crippen molar-refractivity contribution in [1.82, 2.24) is 14.9 Å². The molecule has 0 bridgehead atoms. The summed E-state index contributed by atoms with van der Waals surface area (Å²) in [7, 11) is 0. The second-order valence-corrected chi connectivity index (χ2v) is 8.21. The van der Waals surface area contributed by atoms with Crippen LogP contribution in [0.3, 0.4) is 0 Å². The number of hydrogen-bond donors (Lipinski definition) is 1. The molecule has 0 unspecified atom stereocenters. The lowest BCUT2D eigenvalue weighted by molar-refractivity contribution is 0.115. The fourth-order valence-corrected chi connectivity index (χ4v) is 3.70. The molecule has 4 heteroatoms. The van der Waals surface area contributed by atoms with E-state index in [-0.39, 0.29) is 5.54 Å². The largest absolute Gasteiger partial charge is 0.341 e. The van der Waals surface area contributed by atoms with E-state index in [1.165, 1.54) is 9.99 Å². The molecular weight excluding hydrogens is 361 g/mol. The summed E-state index contributed by atoms with van der Waals surface area (Å²) in [5, 5.41) is 0. The molecule has 1 fully saturated rings. The minimum absolute atomic E-state index is 0.183. The van der Waals surface area contributed by atoms with Crippen LogP contribution in [-0.4, -0.2) is 27.0 Å². The van der Waals surface area contributed by atoms with Crippen LogP contribution in [0.2, 0.25) is 0 Å². The molecule has 20 heavy (non-hydrogen) atoms. The first-order valence-corrected chi connectivity index (χ1v) is 8.34. The number of hydrogen-bond acceptors (Lipinski definition) is 2. The Labute approximate surface area is 134 Å². The Bertz CT molecular complexity index is 626. The van der Waals surface area contributed by atoms with E-state index in [1.807, 2.05) is 0 Å². The van der Waals surface area contributed by atoms with Gasteiger partial charge in [0.25, 0.3) is 0 Å². The van der Waals surface area contributed by atoms with E-state index in [1.54, 1.807) is 0 Å². The van der Waals surface area contributed by atoms with E-state index in [0.717, 1.165) is 29.3 Å². The molecule has 0 amide bonds. The molecule has 1 aromatic carbocycles. The highest BCUT2D eigenvalue weighted by Crippen LogP contribution is 2.39. The number of nitrogens with zero attached hydrogens (tertiary/aromatic N) is 2. The molecule has 108 valence electrons. The molecular formula is C16H22IN3. The van der Waals surface area contributed by atoms with Crippen molar-refractivity contribution in [1.29, 1.82) is 0 Å². The standard InChI is InChI=1S/C16H22IN3/c1-10-7-14(20(9-10)16(2,3)4)15-18-12-6-5-11(17)8-13(12)19-15/h5-6,8,10,14H,7,9H2,1-4H3,(H,18,19)/t10-,14+/m1/s1. The van der Waals surface area contributed by atoms with Crippen LogP contribution in [0.25, 0.3) is 11.0 Å². The molecule has 1 aliphatic heterocycles. The number of aromatic amines is 1. The fourth-order valence-electron chi connectivity index (χ4n) is 3.21. The number of nitrogens with one attached hydrogen (secondary N) is 1. The first-order valence-electron chi connectivity index (χ1n) is 7.26. The van der Waals surface area contributed by atoms with Crippen molar-refractivity contribution in [3.05, 3.63) is 27.6 Å². The normalized spacial score (nSPS) is 24.6. The van der Waals surface area contributed by atoms with Gasteiger partial charge in [-0.25, -0.2) is 4.98 Å². The van der Waals surface area contributed by atoms with Crippen LogP contribution in [-0.2, 0) is 0 Å². The van der Waals surface area contributed by atoms with Crippen molar-refractivity contribution in [3.8, 4) is 0 Å². The van der Waals surface area contributed by atoms with Crippen LogP contribution < -0.4 is 0 Å². The molecule has 1 aliphatic rings. The monoisotopic (exact) mass is 383 g/mol. The average Bonchev–Trinajstić information content (AvgIpc) is 2.90. The third-order valence-corrected chi connectivity index (χ3v) is 4.82. The van der Waals surface area contributed by atoms with Crippen molar-refractivity contribution in [3.63, 3.8) is 0 Å². The lowest BCUT2D eigenvalue weighted by Gasteiger charge is -2.36. The topological polar surface area (TPSA) is 31.9 Å². The lowest BCUT2D eigenvalue weighted by atomic mass is 10.0. The van der Waals surface area contributed by atoms with Gasteiger partial charge in [-0.15, -0.1) is 0 Å². The third kappa shape index (κ3) is 2.60. The van der Waals surface area contributed by atoms with Crippen LogP contribution in [0.4, 0.5) is 0 Å². The minimum atomic E-state index is 0.183. The van der Waals surface area contributed by atoms with Crippen LogP contribution in [0.5, 0.6) is 0 Å². The van der Waals surface area contributed by atoms with Crippen LogP contribution in [0.15, 0.2) is 18.2 Å². The van der Waals surface area contributed by atoms with E-state index in [2.05, 4.69) is 78.4 Å². The summed E-state index contributed by atoms with van der Waals surface area (Å²) in [5.74, 6) is 1.86. The van der Waals surface area contributed by atoms with Gasteiger partial charge in [-0.3, -0.25) is 4.90 Å². The Balaban J connectivity index is 2.00. The SMILES string of the molecule is C[C@@H]1C[C@@H](c2nc3ccc(I)cc3[nH]2)N(C(C)(C)C)C1. The Morgan fingerprint density at radius 1 is 1.35 bits per heavy atom. The van der Waals surface area contributed by atoms with Gasteiger partial charge in [-0.2, -0.15) is 0 Å². The van der Waals surface area contributed by atoms with Crippen molar-refractivity contribution >= 4 is 33.6 Å². The van der Waals surface area contributed by atoms with Crippen molar-refractivity contribution < 1.29 is 0 Å². The van der Waals surface area contributed by atoms with Gasteiger partial charge in [-0.05, 0) is 73.9 Å². The molecule has 0 saturated carbocycles. The number of aromatic nitrogens is 2. The summed E-state index contributed by atoms with van der Waals surface area (Å²) < 4.78 is 1.25. The van der Waals surface area contributed by atoms with Gasteiger partial charge in [0.1, 0.15) is 5.82 Å². The number of rotatable bonds is 1. The quantitative estimate of drug-likeness (QED) is 0.743. The van der Waals surface area contributed by atoms with Crippen LogP contribution >= 0.6 is 22.6 Å². The smallest absolute Gasteiger partial charge is 0.124 e. The highest BCUT2D eigenvalue weighted by atomic mass is 127.